The fourth-order valence-electron chi connectivity index (χ4n) is 9.10. The largest absolute Gasteiger partial charge is 0.457 e. The minimum Gasteiger partial charge on any atom is -0.457 e. The van der Waals surface area contributed by atoms with Crippen molar-refractivity contribution in [1.82, 2.24) is 9.55 Å². The summed E-state index contributed by atoms with van der Waals surface area (Å²) in [6, 6.07) is 43.4. The molecule has 0 bridgehead atoms. The fraction of sp³-hybridized carbons (Fsp3) is 0.278. The first-order valence-corrected chi connectivity index (χ1v) is 21.3. The maximum atomic E-state index is 6.95. The Morgan fingerprint density at radius 1 is 0.617 bits per heavy atom. The highest BCUT2D eigenvalue weighted by Crippen LogP contribution is 2.50. The van der Waals surface area contributed by atoms with Crippen molar-refractivity contribution in [3.63, 3.8) is 0 Å². The molecule has 1 atom stereocenters. The minimum atomic E-state index is -0.123. The van der Waals surface area contributed by atoms with Crippen LogP contribution in [0.15, 0.2) is 138 Å². The van der Waals surface area contributed by atoms with Gasteiger partial charge in [0.2, 0.25) is 0 Å². The van der Waals surface area contributed by atoms with Gasteiger partial charge in [0.1, 0.15) is 29.6 Å². The molecule has 4 heterocycles. The zero-order valence-electron chi connectivity index (χ0n) is 36.3. The number of anilines is 3. The Balaban J connectivity index is 1.07. The molecule has 5 aromatic carbocycles. The Morgan fingerprint density at radius 3 is 2.05 bits per heavy atom. The maximum Gasteiger partial charge on any atom is 0.154 e. The average molecular weight is 791 g/mol. The van der Waals surface area contributed by atoms with Crippen LogP contribution in [0, 0.1) is 11.3 Å². The van der Waals surface area contributed by atoms with Crippen LogP contribution in [0.25, 0.3) is 44.3 Å². The van der Waals surface area contributed by atoms with Crippen LogP contribution in [0.4, 0.5) is 17.1 Å². The van der Waals surface area contributed by atoms with Crippen LogP contribution in [-0.4, -0.2) is 16.2 Å². The normalized spacial score (nSPS) is 15.8. The van der Waals surface area contributed by atoms with Gasteiger partial charge in [0.25, 0.3) is 0 Å². The highest BCUT2D eigenvalue weighted by molar-refractivity contribution is 6.09. The summed E-state index contributed by atoms with van der Waals surface area (Å²) in [5.74, 6) is 3.80. The lowest BCUT2D eigenvalue weighted by Gasteiger charge is -2.34. The molecule has 0 amide bonds. The number of rotatable bonds is 5. The van der Waals surface area contributed by atoms with Crippen LogP contribution in [0.1, 0.15) is 84.8 Å². The number of nitrogens with zero attached hydrogens (tertiary/aromatic N) is 4. The summed E-state index contributed by atoms with van der Waals surface area (Å²) in [6.07, 6.45) is 5.35. The molecule has 10 rings (SSSR count). The van der Waals surface area contributed by atoms with Crippen LogP contribution < -0.4 is 14.5 Å². The molecule has 2 aliphatic rings. The molecule has 302 valence electrons. The van der Waals surface area contributed by atoms with Crippen molar-refractivity contribution in [1.29, 1.82) is 0 Å². The lowest BCUT2D eigenvalue weighted by molar-refractivity contribution is 0.288. The second-order valence-electron chi connectivity index (χ2n) is 19.9. The summed E-state index contributed by atoms with van der Waals surface area (Å²) < 4.78 is 16.0. The molecule has 1 aliphatic heterocycles. The van der Waals surface area contributed by atoms with Crippen LogP contribution in [0.5, 0.6) is 11.5 Å². The molecule has 1 aliphatic carbocycles. The van der Waals surface area contributed by atoms with Gasteiger partial charge in [0.05, 0.1) is 28.1 Å². The molecular weight excluding hydrogens is 737 g/mol. The number of hydrogen-bond donors (Lipinski definition) is 0. The van der Waals surface area contributed by atoms with Gasteiger partial charge in [-0.3, -0.25) is 4.57 Å². The van der Waals surface area contributed by atoms with Gasteiger partial charge in [-0.2, -0.15) is 0 Å². The molecule has 1 unspecified atom stereocenters. The Bertz CT molecular complexity index is 3000. The van der Waals surface area contributed by atoms with E-state index in [0.717, 1.165) is 74.3 Å². The van der Waals surface area contributed by atoms with Crippen LogP contribution >= 0.6 is 0 Å². The van der Waals surface area contributed by atoms with Gasteiger partial charge in [-0.25, -0.2) is 4.98 Å². The third-order valence-electron chi connectivity index (χ3n) is 12.7. The first kappa shape index (κ1) is 38.0. The molecule has 6 nitrogen and oxygen atoms in total. The molecule has 0 N–H and O–H groups in total. The summed E-state index contributed by atoms with van der Waals surface area (Å²) in [7, 11) is 0. The highest BCUT2D eigenvalue weighted by atomic mass is 16.5. The number of furan rings is 1. The van der Waals surface area contributed by atoms with Gasteiger partial charge in [0, 0.05) is 45.7 Å². The van der Waals surface area contributed by atoms with E-state index in [1.165, 1.54) is 27.5 Å². The Hall–Kier alpha value is -6.27. The maximum absolute atomic E-state index is 6.95. The van der Waals surface area contributed by atoms with Gasteiger partial charge in [-0.1, -0.05) is 117 Å². The molecule has 8 aromatic rings. The predicted molar refractivity (Wildman–Crippen MR) is 249 cm³/mol. The number of fused-ring (bicyclic) bond motifs is 7. The second kappa shape index (κ2) is 13.6. The zero-order chi connectivity index (χ0) is 41.7. The van der Waals surface area contributed by atoms with Gasteiger partial charge in [-0.15, -0.1) is 0 Å². The van der Waals surface area contributed by atoms with Gasteiger partial charge < -0.3 is 19.0 Å². The van der Waals surface area contributed by atoms with E-state index in [0.29, 0.717) is 12.6 Å². The predicted octanol–water partition coefficient (Wildman–Crippen LogP) is 14.5. The van der Waals surface area contributed by atoms with E-state index in [-0.39, 0.29) is 16.2 Å². The molecule has 0 spiro atoms. The van der Waals surface area contributed by atoms with Crippen molar-refractivity contribution in [2.24, 2.45) is 11.3 Å². The van der Waals surface area contributed by atoms with E-state index in [2.05, 4.69) is 204 Å². The van der Waals surface area contributed by atoms with E-state index in [1.807, 2.05) is 6.20 Å². The Morgan fingerprint density at radius 2 is 1.30 bits per heavy atom. The average Bonchev–Trinajstić information content (AvgIpc) is 3.89. The molecule has 6 heteroatoms. The Kier molecular flexibility index (Phi) is 8.63. The summed E-state index contributed by atoms with van der Waals surface area (Å²) in [5.41, 5.74) is 11.4. The first-order valence-electron chi connectivity index (χ1n) is 21.3. The number of hydrogen-bond acceptors (Lipinski definition) is 5. The number of benzene rings is 5. The molecular formula is C54H54N4O2. The summed E-state index contributed by atoms with van der Waals surface area (Å²) in [5, 5.41) is 3.56. The number of ether oxygens (including phenoxy) is 1. The van der Waals surface area contributed by atoms with Crippen molar-refractivity contribution in [3.05, 3.63) is 156 Å². The van der Waals surface area contributed by atoms with Crippen molar-refractivity contribution in [2.75, 3.05) is 16.5 Å². The fourth-order valence-corrected chi connectivity index (χ4v) is 9.10. The van der Waals surface area contributed by atoms with E-state index >= 15 is 0 Å². The topological polar surface area (TPSA) is 46.7 Å². The lowest BCUT2D eigenvalue weighted by atomic mass is 9.74. The van der Waals surface area contributed by atoms with Gasteiger partial charge in [0.15, 0.2) is 5.76 Å². The lowest BCUT2D eigenvalue weighted by Crippen LogP contribution is -2.31. The van der Waals surface area contributed by atoms with Gasteiger partial charge in [-0.05, 0) is 100 Å². The highest BCUT2D eigenvalue weighted by Gasteiger charge is 2.38. The van der Waals surface area contributed by atoms with Crippen LogP contribution in [0.3, 0.4) is 0 Å². The molecule has 0 radical (unpaired) electrons. The SMILES string of the molecule is CC(C)(C)c1cc(Oc2ccc3c4ccccc4n(-c4cc(C(C)(C)C)ccn4)c3c2)cc(N2CN(C3=CC(C(C)(C)C)Cc4c3oc3ccccc43)c3ccccc32)c1. The molecule has 60 heavy (non-hydrogen) atoms. The molecule has 0 fully saturated rings. The number of para-hydroxylation sites is 4. The van der Waals surface area contributed by atoms with Gasteiger partial charge >= 0.3 is 0 Å². The zero-order valence-corrected chi connectivity index (χ0v) is 36.3. The summed E-state index contributed by atoms with van der Waals surface area (Å²) in [6.45, 7) is 21.2. The minimum absolute atomic E-state index is 0.00799. The van der Waals surface area contributed by atoms with Crippen LogP contribution in [-0.2, 0) is 17.3 Å². The second-order valence-corrected chi connectivity index (χ2v) is 19.9. The van der Waals surface area contributed by atoms with Crippen molar-refractivity contribution < 1.29 is 9.15 Å². The molecule has 3 aromatic heterocycles. The van der Waals surface area contributed by atoms with Crippen molar-refractivity contribution in [2.45, 2.75) is 79.6 Å². The third-order valence-corrected chi connectivity index (χ3v) is 12.7. The van der Waals surface area contributed by atoms with E-state index < -0.39 is 0 Å². The van der Waals surface area contributed by atoms with E-state index in [4.69, 9.17) is 14.1 Å². The molecule has 0 saturated heterocycles. The number of pyridine rings is 1. The smallest absolute Gasteiger partial charge is 0.154 e. The standard InChI is InChI=1S/C54H54N4O2/c1-52(2,3)34-24-25-55-50(30-34)58-44-18-12-10-16-40(44)41-23-22-38(32-47(41)58)59-39-27-35(53(4,5)6)26-37(31-39)56-33-57(46-20-14-13-19-45(46)56)48-29-36(54(7,8)9)28-43-42-17-11-15-21-49(42)60-51(43)48/h10-27,29-32,36H,28,33H2,1-9H3. The molecule has 0 saturated carbocycles. The summed E-state index contributed by atoms with van der Waals surface area (Å²) >= 11 is 0. The summed E-state index contributed by atoms with van der Waals surface area (Å²) in [4.78, 5) is 9.78. The third kappa shape index (κ3) is 6.44. The van der Waals surface area contributed by atoms with E-state index in [1.54, 1.807) is 0 Å². The quantitative estimate of drug-likeness (QED) is 0.174. The Labute approximate surface area is 353 Å². The van der Waals surface area contributed by atoms with Crippen molar-refractivity contribution >= 4 is 55.5 Å². The number of allylic oxidation sites excluding steroid dienone is 1. The first-order chi connectivity index (χ1) is 28.6. The van der Waals surface area contributed by atoms with Crippen molar-refractivity contribution in [3.8, 4) is 17.3 Å². The monoisotopic (exact) mass is 790 g/mol. The van der Waals surface area contributed by atoms with E-state index in [9.17, 15) is 0 Å². The van der Waals surface area contributed by atoms with Crippen LogP contribution in [0.2, 0.25) is 0 Å². The number of aromatic nitrogens is 2.